The molecule has 0 atom stereocenters. The first-order valence-corrected chi connectivity index (χ1v) is 7.98. The molecule has 0 radical (unpaired) electrons. The fourth-order valence-corrected chi connectivity index (χ4v) is 2.91. The van der Waals surface area contributed by atoms with E-state index in [4.69, 9.17) is 4.42 Å². The predicted molar refractivity (Wildman–Crippen MR) is 97.2 cm³/mol. The van der Waals surface area contributed by atoms with Crippen molar-refractivity contribution in [2.24, 2.45) is 0 Å². The van der Waals surface area contributed by atoms with Crippen LogP contribution in [0.5, 0.6) is 0 Å². The van der Waals surface area contributed by atoms with E-state index in [0.29, 0.717) is 27.8 Å². The highest BCUT2D eigenvalue weighted by molar-refractivity contribution is 6.02. The number of para-hydroxylation sites is 1. The van der Waals surface area contributed by atoms with Crippen molar-refractivity contribution in [3.63, 3.8) is 0 Å². The number of nitrogens with zero attached hydrogens (tertiary/aromatic N) is 3. The van der Waals surface area contributed by atoms with Crippen LogP contribution in [0.25, 0.3) is 22.2 Å². The molecule has 27 heavy (non-hydrogen) atoms. The molecule has 0 aliphatic rings. The predicted octanol–water partition coefficient (Wildman–Crippen LogP) is 4.37. The van der Waals surface area contributed by atoms with Crippen molar-refractivity contribution in [3.05, 3.63) is 88.3 Å². The normalized spacial score (nSPS) is 10.6. The summed E-state index contributed by atoms with van der Waals surface area (Å²) >= 11 is 0. The molecule has 0 unspecified atom stereocenters. The second-order valence-electron chi connectivity index (χ2n) is 5.81. The highest BCUT2D eigenvalue weighted by Gasteiger charge is 2.18. The Morgan fingerprint density at radius 2 is 1.81 bits per heavy atom. The molecule has 7 heteroatoms. The van der Waals surface area contributed by atoms with E-state index in [0.717, 1.165) is 0 Å². The number of carbonyl (C=O) groups is 1. The van der Waals surface area contributed by atoms with E-state index in [1.807, 2.05) is 0 Å². The Morgan fingerprint density at radius 1 is 1.07 bits per heavy atom. The molecule has 2 aromatic carbocycles. The van der Waals surface area contributed by atoms with Crippen molar-refractivity contribution < 1.29 is 14.1 Å². The van der Waals surface area contributed by atoms with Gasteiger partial charge in [0.05, 0.1) is 16.0 Å². The molecule has 0 fully saturated rings. The molecule has 130 valence electrons. The number of rotatable bonds is 3. The zero-order chi connectivity index (χ0) is 19.0. The van der Waals surface area contributed by atoms with E-state index < -0.39 is 10.8 Å². The summed E-state index contributed by atoms with van der Waals surface area (Å²) in [6.45, 7) is 0. The summed E-state index contributed by atoms with van der Waals surface area (Å²) in [6, 6.07) is 18.3. The minimum Gasteiger partial charge on any atom is -0.451 e. The fraction of sp³-hybridized carbons (Fsp3) is 0. The summed E-state index contributed by atoms with van der Waals surface area (Å²) in [7, 11) is 0. The lowest BCUT2D eigenvalue weighted by molar-refractivity contribution is -0.384. The van der Waals surface area contributed by atoms with Gasteiger partial charge in [-0.15, -0.1) is 0 Å². The van der Waals surface area contributed by atoms with Crippen molar-refractivity contribution in [1.29, 1.82) is 5.26 Å². The van der Waals surface area contributed by atoms with Gasteiger partial charge in [0.2, 0.25) is 0 Å². The largest absolute Gasteiger partial charge is 0.451 e. The number of benzene rings is 2. The van der Waals surface area contributed by atoms with Crippen LogP contribution in [0.3, 0.4) is 0 Å². The third kappa shape index (κ3) is 2.75. The van der Waals surface area contributed by atoms with Crippen LogP contribution in [0.15, 0.2) is 71.3 Å². The Labute approximate surface area is 152 Å². The number of aromatic nitrogens is 1. The number of hydrogen-bond acceptors (Lipinski definition) is 5. The standard InChI is InChI=1S/C20H11N3O4/c21-11-14-12-22(17-4-2-1-3-16(14)17)20(24)19-10-9-18(27-19)13-5-7-15(8-6-13)23(25)26/h1-10,12H. The molecule has 2 aromatic heterocycles. The molecular weight excluding hydrogens is 346 g/mol. The lowest BCUT2D eigenvalue weighted by Gasteiger charge is -2.01. The highest BCUT2D eigenvalue weighted by Crippen LogP contribution is 2.26. The summed E-state index contributed by atoms with van der Waals surface area (Å²) in [5, 5.41) is 20.7. The monoisotopic (exact) mass is 357 g/mol. The zero-order valence-corrected chi connectivity index (χ0v) is 13.8. The van der Waals surface area contributed by atoms with Gasteiger partial charge in [-0.1, -0.05) is 18.2 Å². The lowest BCUT2D eigenvalue weighted by Crippen LogP contribution is -2.09. The first kappa shape index (κ1) is 16.3. The molecule has 0 saturated carbocycles. The van der Waals surface area contributed by atoms with Gasteiger partial charge in [0.25, 0.3) is 11.6 Å². The van der Waals surface area contributed by atoms with Crippen LogP contribution in [0.1, 0.15) is 16.1 Å². The number of fused-ring (bicyclic) bond motifs is 1. The number of furan rings is 1. The summed E-state index contributed by atoms with van der Waals surface area (Å²) in [6.07, 6.45) is 1.49. The van der Waals surface area contributed by atoms with E-state index >= 15 is 0 Å². The van der Waals surface area contributed by atoms with Crippen LogP contribution in [-0.2, 0) is 0 Å². The Kier molecular flexibility index (Phi) is 3.79. The SMILES string of the molecule is N#Cc1cn(C(=O)c2ccc(-c3ccc([N+](=O)[O-])cc3)o2)c2ccccc12. The highest BCUT2D eigenvalue weighted by atomic mass is 16.6. The summed E-state index contributed by atoms with van der Waals surface area (Å²) in [5.74, 6) is 0.125. The second kappa shape index (κ2) is 6.28. The third-order valence-corrected chi connectivity index (χ3v) is 4.23. The van der Waals surface area contributed by atoms with Gasteiger partial charge in [-0.05, 0) is 30.3 Å². The molecule has 0 N–H and O–H groups in total. The molecule has 0 bridgehead atoms. The molecule has 4 aromatic rings. The van der Waals surface area contributed by atoms with Crippen LogP contribution < -0.4 is 0 Å². The molecule has 7 nitrogen and oxygen atoms in total. The van der Waals surface area contributed by atoms with E-state index in [9.17, 15) is 20.2 Å². The number of hydrogen-bond donors (Lipinski definition) is 0. The van der Waals surface area contributed by atoms with Gasteiger partial charge in [0, 0.05) is 29.3 Å². The third-order valence-electron chi connectivity index (χ3n) is 4.23. The van der Waals surface area contributed by atoms with Crippen molar-refractivity contribution in [3.8, 4) is 17.4 Å². The number of carbonyl (C=O) groups excluding carboxylic acids is 1. The average Bonchev–Trinajstić information content (AvgIpc) is 3.33. The lowest BCUT2D eigenvalue weighted by atomic mass is 10.1. The van der Waals surface area contributed by atoms with Crippen molar-refractivity contribution in [2.75, 3.05) is 0 Å². The van der Waals surface area contributed by atoms with Crippen LogP contribution in [0, 0.1) is 21.4 Å². The van der Waals surface area contributed by atoms with Gasteiger partial charge >= 0.3 is 0 Å². The maximum Gasteiger partial charge on any atom is 0.298 e. The maximum absolute atomic E-state index is 12.8. The summed E-state index contributed by atoms with van der Waals surface area (Å²) in [4.78, 5) is 23.1. The number of nitriles is 1. The quantitative estimate of drug-likeness (QED) is 0.400. The number of nitro groups is 1. The minimum atomic E-state index is -0.481. The van der Waals surface area contributed by atoms with E-state index in [1.165, 1.54) is 22.9 Å². The molecule has 0 amide bonds. The van der Waals surface area contributed by atoms with Crippen LogP contribution in [0.2, 0.25) is 0 Å². The smallest absolute Gasteiger partial charge is 0.298 e. The van der Waals surface area contributed by atoms with Crippen molar-refractivity contribution in [2.45, 2.75) is 0 Å². The molecule has 4 rings (SSSR count). The number of nitro benzene ring substituents is 1. The maximum atomic E-state index is 12.8. The van der Waals surface area contributed by atoms with E-state index in [2.05, 4.69) is 6.07 Å². The Bertz CT molecular complexity index is 1230. The van der Waals surface area contributed by atoms with Gasteiger partial charge in [-0.3, -0.25) is 19.5 Å². The molecule has 0 saturated heterocycles. The Morgan fingerprint density at radius 3 is 2.52 bits per heavy atom. The van der Waals surface area contributed by atoms with Crippen LogP contribution in [0.4, 0.5) is 5.69 Å². The van der Waals surface area contributed by atoms with E-state index in [1.54, 1.807) is 48.5 Å². The summed E-state index contributed by atoms with van der Waals surface area (Å²) in [5.41, 5.74) is 1.62. The van der Waals surface area contributed by atoms with Gasteiger partial charge < -0.3 is 4.42 Å². The number of non-ortho nitro benzene ring substituents is 1. The molecule has 0 spiro atoms. The second-order valence-corrected chi connectivity index (χ2v) is 5.81. The minimum absolute atomic E-state index is 0.0237. The Balaban J connectivity index is 1.71. The molecular formula is C20H11N3O4. The van der Waals surface area contributed by atoms with Gasteiger partial charge in [0.1, 0.15) is 11.8 Å². The van der Waals surface area contributed by atoms with Crippen molar-refractivity contribution in [1.82, 2.24) is 4.57 Å². The van der Waals surface area contributed by atoms with Gasteiger partial charge in [-0.2, -0.15) is 5.26 Å². The summed E-state index contributed by atoms with van der Waals surface area (Å²) < 4.78 is 7.04. The Hall–Kier alpha value is -4.18. The van der Waals surface area contributed by atoms with E-state index in [-0.39, 0.29) is 11.4 Å². The first-order chi connectivity index (χ1) is 13.1. The van der Waals surface area contributed by atoms with Crippen LogP contribution >= 0.6 is 0 Å². The zero-order valence-electron chi connectivity index (χ0n) is 13.8. The first-order valence-electron chi connectivity index (χ1n) is 7.98. The molecule has 0 aliphatic heterocycles. The van der Waals surface area contributed by atoms with Crippen LogP contribution in [-0.4, -0.2) is 15.4 Å². The fourth-order valence-electron chi connectivity index (χ4n) is 2.91. The topological polar surface area (TPSA) is 102 Å². The van der Waals surface area contributed by atoms with Crippen molar-refractivity contribution >= 4 is 22.5 Å². The van der Waals surface area contributed by atoms with Gasteiger partial charge in [-0.25, -0.2) is 0 Å². The van der Waals surface area contributed by atoms with Gasteiger partial charge in [0.15, 0.2) is 5.76 Å². The molecule has 0 aliphatic carbocycles. The molecule has 2 heterocycles. The average molecular weight is 357 g/mol.